The number of alkyl carbamates (subject to hydrolysis) is 2. The highest BCUT2D eigenvalue weighted by molar-refractivity contribution is 6.22. The van der Waals surface area contributed by atoms with Crippen LogP contribution in [0.5, 0.6) is 0 Å². The number of methoxy groups -OCH3 is 2. The van der Waals surface area contributed by atoms with Crippen molar-refractivity contribution in [3.8, 4) is 33.5 Å². The first kappa shape index (κ1) is 40.9. The van der Waals surface area contributed by atoms with E-state index in [9.17, 15) is 24.0 Å². The minimum atomic E-state index is -0.729. The van der Waals surface area contributed by atoms with E-state index in [1.54, 1.807) is 11.1 Å². The molecule has 1 saturated carbocycles. The average molecular weight is 841 g/mol. The van der Waals surface area contributed by atoms with Crippen molar-refractivity contribution in [1.29, 1.82) is 0 Å². The number of carbonyl (C=O) groups excluding carboxylic acids is 5. The average Bonchev–Trinajstić information content (AvgIpc) is 4.14. The molecule has 0 radical (unpaired) electrons. The zero-order chi connectivity index (χ0) is 43.6. The molecule has 0 spiro atoms. The maximum atomic E-state index is 14.1. The normalized spacial score (nSPS) is 21.1. The molecule has 6 atom stereocenters. The van der Waals surface area contributed by atoms with Crippen molar-refractivity contribution in [2.24, 2.45) is 17.8 Å². The molecule has 2 bridgehead atoms. The highest BCUT2D eigenvalue weighted by Crippen LogP contribution is 2.50. The Kier molecular flexibility index (Phi) is 10.6. The second-order valence-electron chi connectivity index (χ2n) is 17.7. The Morgan fingerprint density at radius 1 is 0.742 bits per heavy atom. The van der Waals surface area contributed by atoms with E-state index in [4.69, 9.17) is 14.5 Å². The zero-order valence-electron chi connectivity index (χ0n) is 35.8. The lowest BCUT2D eigenvalue weighted by molar-refractivity contribution is -0.139. The van der Waals surface area contributed by atoms with Crippen molar-refractivity contribution in [3.05, 3.63) is 83.6 Å². The Labute approximate surface area is 359 Å². The Morgan fingerprint density at radius 3 is 2.05 bits per heavy atom. The van der Waals surface area contributed by atoms with Gasteiger partial charge in [-0.1, -0.05) is 58.0 Å². The largest absolute Gasteiger partial charge is 0.453 e. The molecular weight excluding hydrogens is 789 g/mol. The number of aromatic amines is 2. The lowest BCUT2D eigenvalue weighted by Gasteiger charge is -2.37. The molecule has 3 fully saturated rings. The van der Waals surface area contributed by atoms with E-state index in [1.165, 1.54) is 14.2 Å². The van der Waals surface area contributed by atoms with Gasteiger partial charge in [0.05, 0.1) is 49.2 Å². The van der Waals surface area contributed by atoms with E-state index >= 15 is 0 Å². The molecule has 5 aromatic rings. The molecule has 3 aromatic carbocycles. The van der Waals surface area contributed by atoms with Gasteiger partial charge in [-0.3, -0.25) is 14.4 Å². The van der Waals surface area contributed by atoms with Gasteiger partial charge < -0.3 is 39.9 Å². The van der Waals surface area contributed by atoms with Crippen LogP contribution in [0, 0.1) is 17.8 Å². The molecule has 15 heteroatoms. The Bertz CT molecular complexity index is 2610. The summed E-state index contributed by atoms with van der Waals surface area (Å²) in [6.07, 6.45) is 4.83. The molecular formula is C47H52N8O7. The topological polar surface area (TPSA) is 192 Å². The zero-order valence-corrected chi connectivity index (χ0v) is 35.8. The van der Waals surface area contributed by atoms with E-state index in [-0.39, 0.29) is 53.5 Å². The molecule has 62 heavy (non-hydrogen) atoms. The number of carbonyl (C=O) groups is 5. The third-order valence-corrected chi connectivity index (χ3v) is 13.3. The predicted molar refractivity (Wildman–Crippen MR) is 231 cm³/mol. The summed E-state index contributed by atoms with van der Waals surface area (Å²) in [5, 5.41) is 5.44. The van der Waals surface area contributed by atoms with Crippen LogP contribution in [0.4, 0.5) is 9.59 Å². The minimum Gasteiger partial charge on any atom is -0.453 e. The fourth-order valence-corrected chi connectivity index (χ4v) is 10.1. The van der Waals surface area contributed by atoms with Crippen LogP contribution in [0.15, 0.2) is 60.8 Å². The second-order valence-corrected chi connectivity index (χ2v) is 17.7. The van der Waals surface area contributed by atoms with Crippen molar-refractivity contribution in [2.45, 2.75) is 90.0 Å². The van der Waals surface area contributed by atoms with Crippen molar-refractivity contribution in [2.75, 3.05) is 20.8 Å². The first-order chi connectivity index (χ1) is 29.8. The van der Waals surface area contributed by atoms with Crippen molar-refractivity contribution >= 4 is 40.8 Å². The van der Waals surface area contributed by atoms with Gasteiger partial charge in [-0.05, 0) is 96.4 Å². The van der Waals surface area contributed by atoms with Crippen LogP contribution < -0.4 is 10.6 Å². The van der Waals surface area contributed by atoms with Crippen LogP contribution in [-0.4, -0.2) is 98.4 Å². The fraction of sp³-hybridized carbons (Fsp3) is 0.426. The molecule has 2 saturated heterocycles. The highest BCUT2D eigenvalue weighted by Gasteiger charge is 2.51. The molecule has 15 nitrogen and oxygen atoms in total. The number of aromatic nitrogens is 4. The molecule has 322 valence electrons. The SMILES string of the molecule is COC(=O)N[C@H](C(=O)N1CCCC1c1ncc(-c2ccc3c(c2)C(=O)c2cc(-c4ccc5nc([C@@H]6[C@H]7CC[C@H](C7)N6C(=O)[C@@H](NC(=O)OC)C(C)C)[nH]c5c4)ccc2-3)[nH]1)C(C)C. The summed E-state index contributed by atoms with van der Waals surface area (Å²) in [5.41, 5.74) is 7.96. The monoisotopic (exact) mass is 840 g/mol. The smallest absolute Gasteiger partial charge is 0.407 e. The number of likely N-dealkylation sites (tertiary alicyclic amines) is 2. The van der Waals surface area contributed by atoms with Crippen molar-refractivity contribution in [3.63, 3.8) is 0 Å². The summed E-state index contributed by atoms with van der Waals surface area (Å²) in [6, 6.07) is 16.0. The number of nitrogens with one attached hydrogen (secondary N) is 4. The van der Waals surface area contributed by atoms with Gasteiger partial charge in [0.1, 0.15) is 23.7 Å². The van der Waals surface area contributed by atoms with Gasteiger partial charge in [-0.15, -0.1) is 0 Å². The number of rotatable bonds is 10. The molecule has 4 N–H and O–H groups in total. The van der Waals surface area contributed by atoms with Gasteiger partial charge in [-0.25, -0.2) is 19.6 Å². The highest BCUT2D eigenvalue weighted by atomic mass is 16.5. The van der Waals surface area contributed by atoms with Crippen molar-refractivity contribution in [1.82, 2.24) is 40.4 Å². The number of piperidine rings is 1. The number of imidazole rings is 2. The number of ketones is 1. The summed E-state index contributed by atoms with van der Waals surface area (Å²) in [5.74, 6) is 1.03. The second kappa shape index (κ2) is 16.1. The van der Waals surface area contributed by atoms with Crippen LogP contribution in [0.3, 0.4) is 0 Å². The molecule has 4 amide bonds. The Morgan fingerprint density at radius 2 is 1.37 bits per heavy atom. The van der Waals surface area contributed by atoms with E-state index in [0.717, 1.165) is 82.5 Å². The van der Waals surface area contributed by atoms with E-state index in [0.29, 0.717) is 23.5 Å². The van der Waals surface area contributed by atoms with Crippen LogP contribution in [0.2, 0.25) is 0 Å². The van der Waals surface area contributed by atoms with Gasteiger partial charge >= 0.3 is 12.2 Å². The van der Waals surface area contributed by atoms with Crippen molar-refractivity contribution < 1.29 is 33.4 Å². The van der Waals surface area contributed by atoms with E-state index in [2.05, 4.69) is 25.6 Å². The molecule has 4 heterocycles. The molecule has 9 rings (SSSR count). The summed E-state index contributed by atoms with van der Waals surface area (Å²) >= 11 is 0. The lowest BCUT2D eigenvalue weighted by atomic mass is 9.95. The Hall–Kier alpha value is -6.51. The lowest BCUT2D eigenvalue weighted by Crippen LogP contribution is -2.54. The van der Waals surface area contributed by atoms with Gasteiger partial charge in [0.25, 0.3) is 0 Å². The number of hydrogen-bond acceptors (Lipinski definition) is 9. The predicted octanol–water partition coefficient (Wildman–Crippen LogP) is 7.31. The maximum Gasteiger partial charge on any atom is 0.407 e. The number of H-pyrrole nitrogens is 2. The first-order valence-electron chi connectivity index (χ1n) is 21.5. The number of hydrogen-bond donors (Lipinski definition) is 4. The summed E-state index contributed by atoms with van der Waals surface area (Å²) in [7, 11) is 2.57. The number of benzene rings is 3. The summed E-state index contributed by atoms with van der Waals surface area (Å²) in [6.45, 7) is 8.15. The van der Waals surface area contributed by atoms with Crippen LogP contribution in [-0.2, 0) is 19.1 Å². The van der Waals surface area contributed by atoms with E-state index < -0.39 is 24.3 Å². The van der Waals surface area contributed by atoms with Crippen LogP contribution >= 0.6 is 0 Å². The maximum absolute atomic E-state index is 14.1. The van der Waals surface area contributed by atoms with Gasteiger partial charge in [0.2, 0.25) is 11.8 Å². The Balaban J connectivity index is 0.935. The summed E-state index contributed by atoms with van der Waals surface area (Å²) in [4.78, 5) is 86.4. The number of fused-ring (bicyclic) bond motifs is 6. The van der Waals surface area contributed by atoms with Gasteiger partial charge in [0, 0.05) is 29.3 Å². The fourth-order valence-electron chi connectivity index (χ4n) is 10.1. The summed E-state index contributed by atoms with van der Waals surface area (Å²) < 4.78 is 9.61. The third-order valence-electron chi connectivity index (χ3n) is 13.3. The van der Waals surface area contributed by atoms with E-state index in [1.807, 2.05) is 87.2 Å². The molecule has 2 aliphatic carbocycles. The molecule has 4 aliphatic rings. The minimum absolute atomic E-state index is 0.0591. The van der Waals surface area contributed by atoms with Gasteiger partial charge in [-0.2, -0.15) is 0 Å². The molecule has 2 aliphatic heterocycles. The van der Waals surface area contributed by atoms with Crippen LogP contribution in [0.1, 0.15) is 99.5 Å². The molecule has 2 aromatic heterocycles. The first-order valence-corrected chi connectivity index (χ1v) is 21.5. The number of nitrogens with zero attached hydrogens (tertiary/aromatic N) is 4. The quantitative estimate of drug-likeness (QED) is 0.110. The molecule has 1 unspecified atom stereocenters. The van der Waals surface area contributed by atoms with Gasteiger partial charge in [0.15, 0.2) is 5.78 Å². The number of ether oxygens (including phenoxy) is 2. The number of amides is 4. The third kappa shape index (κ3) is 7.06. The standard InChI is InChI=1S/C47H52N8O7/c1-23(2)38(52-46(59)61-5)44(57)54-17-7-8-37(54)42-48-22-36(51-42)27-11-15-31-30-14-10-25(19-32(30)41(56)33(31)20-27)26-12-16-34-35(21-26)50-43(49-34)40-28-9-13-29(18-28)55(40)45(58)39(24(3)4)53-47(60)62-6/h10-12,14-16,19-24,28-29,37-40H,7-9,13,17-18H2,1-6H3,(H,48,51)(H,49,50)(H,52,59)(H,53,60)/t28-,29+,37?,38-,39-,40-/m0/s1. The van der Waals surface area contributed by atoms with Crippen LogP contribution in [0.25, 0.3) is 44.5 Å².